The van der Waals surface area contributed by atoms with Gasteiger partial charge in [-0.2, -0.15) is 0 Å². The molecule has 1 aliphatic rings. The first-order valence-corrected chi connectivity index (χ1v) is 7.43. The van der Waals surface area contributed by atoms with Crippen molar-refractivity contribution in [3.05, 3.63) is 29.8 Å². The Morgan fingerprint density at radius 3 is 3.00 bits per heavy atom. The standard InChI is InChI=1S/C16H24N2O3/c1-12(14-7-3-4-8-15(14)21-2)17-16(20)10-18-9-5-6-13(18)11-19/h3-4,7-8,12-13,19H,5-6,9-11H2,1-2H3,(H,17,20)/t12-,13+/m0/s1. The van der Waals surface area contributed by atoms with Gasteiger partial charge in [0.25, 0.3) is 0 Å². The van der Waals surface area contributed by atoms with E-state index in [4.69, 9.17) is 4.74 Å². The Balaban J connectivity index is 1.93. The van der Waals surface area contributed by atoms with E-state index in [1.54, 1.807) is 7.11 Å². The first-order valence-electron chi connectivity index (χ1n) is 7.43. The van der Waals surface area contributed by atoms with Gasteiger partial charge in [0.1, 0.15) is 5.75 Å². The SMILES string of the molecule is COc1ccccc1[C@H](C)NC(=O)CN1CCC[C@@H]1CO. The zero-order chi connectivity index (χ0) is 15.2. The highest BCUT2D eigenvalue weighted by atomic mass is 16.5. The quantitative estimate of drug-likeness (QED) is 0.830. The summed E-state index contributed by atoms with van der Waals surface area (Å²) in [5, 5.41) is 12.3. The van der Waals surface area contributed by atoms with Gasteiger partial charge in [-0.3, -0.25) is 9.69 Å². The van der Waals surface area contributed by atoms with E-state index in [2.05, 4.69) is 5.32 Å². The fraction of sp³-hybridized carbons (Fsp3) is 0.562. The normalized spacial score (nSPS) is 20.2. The van der Waals surface area contributed by atoms with Gasteiger partial charge in [0.15, 0.2) is 0 Å². The fourth-order valence-corrected chi connectivity index (χ4v) is 2.88. The van der Waals surface area contributed by atoms with Crippen LogP contribution in [-0.2, 0) is 4.79 Å². The minimum absolute atomic E-state index is 0.0197. The number of amides is 1. The molecule has 0 unspecified atom stereocenters. The number of methoxy groups -OCH3 is 1. The van der Waals surface area contributed by atoms with Crippen LogP contribution in [0.4, 0.5) is 0 Å². The molecule has 0 radical (unpaired) electrons. The molecule has 5 nitrogen and oxygen atoms in total. The molecule has 1 amide bonds. The molecular weight excluding hydrogens is 268 g/mol. The highest BCUT2D eigenvalue weighted by Crippen LogP contribution is 2.24. The molecular formula is C16H24N2O3. The summed E-state index contributed by atoms with van der Waals surface area (Å²) in [6, 6.07) is 7.70. The molecule has 1 saturated heterocycles. The summed E-state index contributed by atoms with van der Waals surface area (Å²) >= 11 is 0. The van der Waals surface area contributed by atoms with E-state index < -0.39 is 0 Å². The second-order valence-electron chi connectivity index (χ2n) is 5.48. The predicted octanol–water partition coefficient (Wildman–Crippen LogP) is 1.33. The van der Waals surface area contributed by atoms with E-state index in [1.165, 1.54) is 0 Å². The van der Waals surface area contributed by atoms with Crippen LogP contribution in [-0.4, -0.2) is 48.8 Å². The number of likely N-dealkylation sites (tertiary alicyclic amines) is 1. The molecule has 0 aromatic heterocycles. The van der Waals surface area contributed by atoms with E-state index >= 15 is 0 Å². The van der Waals surface area contributed by atoms with Crippen molar-refractivity contribution in [3.63, 3.8) is 0 Å². The van der Waals surface area contributed by atoms with Gasteiger partial charge in [-0.1, -0.05) is 18.2 Å². The first-order chi connectivity index (χ1) is 10.2. The monoisotopic (exact) mass is 292 g/mol. The van der Waals surface area contributed by atoms with Crippen LogP contribution in [0.1, 0.15) is 31.4 Å². The van der Waals surface area contributed by atoms with E-state index in [0.29, 0.717) is 6.54 Å². The lowest BCUT2D eigenvalue weighted by atomic mass is 10.1. The minimum Gasteiger partial charge on any atom is -0.496 e. The Morgan fingerprint density at radius 1 is 1.52 bits per heavy atom. The van der Waals surface area contributed by atoms with Gasteiger partial charge in [-0.05, 0) is 32.4 Å². The van der Waals surface area contributed by atoms with Gasteiger partial charge in [-0.15, -0.1) is 0 Å². The van der Waals surface area contributed by atoms with Gasteiger partial charge < -0.3 is 15.2 Å². The lowest BCUT2D eigenvalue weighted by Gasteiger charge is -2.23. The van der Waals surface area contributed by atoms with E-state index in [1.807, 2.05) is 36.1 Å². The van der Waals surface area contributed by atoms with Crippen molar-refractivity contribution in [2.24, 2.45) is 0 Å². The number of aliphatic hydroxyl groups excluding tert-OH is 1. The van der Waals surface area contributed by atoms with Crippen molar-refractivity contribution in [1.82, 2.24) is 10.2 Å². The Hall–Kier alpha value is -1.59. The maximum Gasteiger partial charge on any atom is 0.234 e. The van der Waals surface area contributed by atoms with Crippen LogP contribution in [0, 0.1) is 0 Å². The zero-order valence-corrected chi connectivity index (χ0v) is 12.7. The molecule has 0 spiro atoms. The van der Waals surface area contributed by atoms with Crippen molar-refractivity contribution in [2.75, 3.05) is 26.8 Å². The molecule has 1 heterocycles. The van der Waals surface area contributed by atoms with Crippen molar-refractivity contribution in [1.29, 1.82) is 0 Å². The summed E-state index contributed by atoms with van der Waals surface area (Å²) in [6.45, 7) is 3.28. The topological polar surface area (TPSA) is 61.8 Å². The number of hydrogen-bond donors (Lipinski definition) is 2. The van der Waals surface area contributed by atoms with Gasteiger partial charge in [0.2, 0.25) is 5.91 Å². The minimum atomic E-state index is -0.108. The number of nitrogens with zero attached hydrogens (tertiary/aromatic N) is 1. The van der Waals surface area contributed by atoms with E-state index in [9.17, 15) is 9.90 Å². The van der Waals surface area contributed by atoms with Crippen LogP contribution in [0.3, 0.4) is 0 Å². The number of ether oxygens (including phenoxy) is 1. The Bertz CT molecular complexity index is 478. The molecule has 1 aliphatic heterocycles. The van der Waals surface area contributed by atoms with Crippen LogP contribution < -0.4 is 10.1 Å². The summed E-state index contributed by atoms with van der Waals surface area (Å²) in [5.74, 6) is 0.758. The summed E-state index contributed by atoms with van der Waals surface area (Å²) in [7, 11) is 1.63. The number of aliphatic hydroxyl groups is 1. The lowest BCUT2D eigenvalue weighted by molar-refractivity contribution is -0.123. The number of para-hydroxylation sites is 1. The second-order valence-corrected chi connectivity index (χ2v) is 5.48. The number of carbonyl (C=O) groups is 1. The number of hydrogen-bond acceptors (Lipinski definition) is 4. The third kappa shape index (κ3) is 3.95. The Labute approximate surface area is 125 Å². The molecule has 1 aromatic rings. The van der Waals surface area contributed by atoms with Gasteiger partial charge in [0, 0.05) is 11.6 Å². The second kappa shape index (κ2) is 7.43. The number of carbonyl (C=O) groups excluding carboxylic acids is 1. The highest BCUT2D eigenvalue weighted by Gasteiger charge is 2.26. The van der Waals surface area contributed by atoms with E-state index in [0.717, 1.165) is 30.7 Å². The van der Waals surface area contributed by atoms with Gasteiger partial charge in [0.05, 0.1) is 26.3 Å². The molecule has 5 heteroatoms. The maximum absolute atomic E-state index is 12.2. The Kier molecular flexibility index (Phi) is 5.59. The fourth-order valence-electron chi connectivity index (χ4n) is 2.88. The predicted molar refractivity (Wildman–Crippen MR) is 81.2 cm³/mol. The zero-order valence-electron chi connectivity index (χ0n) is 12.7. The average Bonchev–Trinajstić information content (AvgIpc) is 2.94. The van der Waals surface area contributed by atoms with Crippen LogP contribution in [0.15, 0.2) is 24.3 Å². The summed E-state index contributed by atoms with van der Waals surface area (Å²) in [6.07, 6.45) is 2.01. The van der Waals surface area contributed by atoms with Crippen LogP contribution >= 0.6 is 0 Å². The summed E-state index contributed by atoms with van der Waals surface area (Å²) < 4.78 is 5.32. The van der Waals surface area contributed by atoms with Crippen molar-refractivity contribution >= 4 is 5.91 Å². The molecule has 0 saturated carbocycles. The van der Waals surface area contributed by atoms with Crippen molar-refractivity contribution in [2.45, 2.75) is 31.8 Å². The highest BCUT2D eigenvalue weighted by molar-refractivity contribution is 5.78. The molecule has 1 fully saturated rings. The molecule has 2 atom stereocenters. The largest absolute Gasteiger partial charge is 0.496 e. The average molecular weight is 292 g/mol. The molecule has 2 N–H and O–H groups in total. The molecule has 2 rings (SSSR count). The lowest BCUT2D eigenvalue weighted by Crippen LogP contribution is -2.41. The van der Waals surface area contributed by atoms with Gasteiger partial charge >= 0.3 is 0 Å². The van der Waals surface area contributed by atoms with Crippen LogP contribution in [0.5, 0.6) is 5.75 Å². The van der Waals surface area contributed by atoms with E-state index in [-0.39, 0.29) is 24.6 Å². The molecule has 21 heavy (non-hydrogen) atoms. The Morgan fingerprint density at radius 2 is 2.29 bits per heavy atom. The van der Waals surface area contributed by atoms with Crippen LogP contribution in [0.2, 0.25) is 0 Å². The summed E-state index contributed by atoms with van der Waals surface area (Å²) in [4.78, 5) is 14.2. The first kappa shape index (κ1) is 15.8. The molecule has 0 aliphatic carbocycles. The van der Waals surface area contributed by atoms with Crippen molar-refractivity contribution in [3.8, 4) is 5.75 Å². The van der Waals surface area contributed by atoms with Crippen molar-refractivity contribution < 1.29 is 14.6 Å². The van der Waals surface area contributed by atoms with Gasteiger partial charge in [-0.25, -0.2) is 0 Å². The number of benzene rings is 1. The number of rotatable bonds is 6. The summed E-state index contributed by atoms with van der Waals surface area (Å²) in [5.41, 5.74) is 0.966. The number of nitrogens with one attached hydrogen (secondary N) is 1. The third-order valence-electron chi connectivity index (χ3n) is 4.04. The third-order valence-corrected chi connectivity index (χ3v) is 4.04. The molecule has 0 bridgehead atoms. The molecule has 116 valence electrons. The smallest absolute Gasteiger partial charge is 0.234 e. The van der Waals surface area contributed by atoms with Crippen LogP contribution in [0.25, 0.3) is 0 Å². The molecule has 1 aromatic carbocycles. The maximum atomic E-state index is 12.2.